The van der Waals surface area contributed by atoms with Crippen molar-refractivity contribution in [3.63, 3.8) is 0 Å². The van der Waals surface area contributed by atoms with Gasteiger partial charge >= 0.3 is 0 Å². The summed E-state index contributed by atoms with van der Waals surface area (Å²) in [6.07, 6.45) is 1.98. The third-order valence-corrected chi connectivity index (χ3v) is 5.56. The summed E-state index contributed by atoms with van der Waals surface area (Å²) < 4.78 is 1.19. The first-order chi connectivity index (χ1) is 8.41. The van der Waals surface area contributed by atoms with Gasteiger partial charge in [-0.05, 0) is 18.6 Å². The molecule has 1 aliphatic rings. The number of carbonyl (C=O) groups excluding carboxylic acids is 2. The lowest BCUT2D eigenvalue weighted by atomic mass is 10.3. The van der Waals surface area contributed by atoms with Crippen LogP contribution in [0.3, 0.4) is 0 Å². The van der Waals surface area contributed by atoms with Crippen LogP contribution in [0.15, 0.2) is 0 Å². The molecule has 7 heteroatoms. The number of halogens is 1. The van der Waals surface area contributed by atoms with Gasteiger partial charge < -0.3 is 0 Å². The zero-order valence-corrected chi connectivity index (χ0v) is 14.2. The lowest BCUT2D eigenvalue weighted by Gasteiger charge is -2.08. The molecule has 4 nitrogen and oxygen atoms in total. The highest BCUT2D eigenvalue weighted by Gasteiger charge is 2.37. The predicted octanol–water partition coefficient (Wildman–Crippen LogP) is 3.10. The third-order valence-electron chi connectivity index (χ3n) is 2.29. The lowest BCUT2D eigenvalue weighted by Crippen LogP contribution is -2.20. The number of hydrogen-bond acceptors (Lipinski definition) is 5. The molecule has 0 aromatic heterocycles. The molecule has 0 spiro atoms. The minimum Gasteiger partial charge on any atom is -0.298 e. The number of thioether (sulfide) groups is 2. The van der Waals surface area contributed by atoms with Gasteiger partial charge in [0.1, 0.15) is 0 Å². The van der Waals surface area contributed by atoms with Crippen LogP contribution in [0.5, 0.6) is 0 Å². The average molecular weight is 400 g/mol. The Morgan fingerprint density at radius 2 is 2.22 bits per heavy atom. The van der Waals surface area contributed by atoms with E-state index in [0.717, 1.165) is 18.6 Å². The Morgan fingerprint density at radius 3 is 2.72 bits per heavy atom. The van der Waals surface area contributed by atoms with E-state index in [1.807, 2.05) is 0 Å². The highest BCUT2D eigenvalue weighted by atomic mass is 127. The van der Waals surface area contributed by atoms with Crippen molar-refractivity contribution in [1.29, 1.82) is 5.41 Å². The molecule has 18 heavy (non-hydrogen) atoms. The van der Waals surface area contributed by atoms with Gasteiger partial charge in [0, 0.05) is 11.7 Å². The van der Waals surface area contributed by atoms with E-state index >= 15 is 0 Å². The van der Waals surface area contributed by atoms with E-state index in [2.05, 4.69) is 13.8 Å². The first-order valence-corrected chi connectivity index (χ1v) is 8.69. The summed E-state index contributed by atoms with van der Waals surface area (Å²) in [6.45, 7) is 4.15. The predicted molar refractivity (Wildman–Crippen MR) is 86.4 cm³/mol. The van der Waals surface area contributed by atoms with Crippen LogP contribution in [0.25, 0.3) is 0 Å². The highest BCUT2D eigenvalue weighted by Crippen LogP contribution is 2.28. The first-order valence-electron chi connectivity index (χ1n) is 5.80. The summed E-state index contributed by atoms with van der Waals surface area (Å²) >= 11 is 4.89. The minimum atomic E-state index is -0.207. The van der Waals surface area contributed by atoms with E-state index in [4.69, 9.17) is 5.41 Å². The van der Waals surface area contributed by atoms with Gasteiger partial charge in [0.05, 0.1) is 33.2 Å². The van der Waals surface area contributed by atoms with Gasteiger partial charge in [-0.3, -0.25) is 15.0 Å². The van der Waals surface area contributed by atoms with Gasteiger partial charge in [0.2, 0.25) is 5.91 Å². The fraction of sp³-hybridized carbons (Fsp3) is 0.727. The maximum Gasteiger partial charge on any atom is 0.251 e. The Hall–Kier alpha value is 0.240. The maximum atomic E-state index is 11.6. The van der Waals surface area contributed by atoms with Gasteiger partial charge in [-0.25, -0.2) is 3.11 Å². The molecule has 2 amide bonds. The van der Waals surface area contributed by atoms with Crippen LogP contribution in [0.2, 0.25) is 0 Å². The van der Waals surface area contributed by atoms with Gasteiger partial charge in [-0.1, -0.05) is 13.8 Å². The van der Waals surface area contributed by atoms with Crippen LogP contribution < -0.4 is 0 Å². The molecule has 1 aliphatic heterocycles. The van der Waals surface area contributed by atoms with Crippen molar-refractivity contribution in [1.82, 2.24) is 3.11 Å². The molecule has 1 heterocycles. The summed E-state index contributed by atoms with van der Waals surface area (Å²) in [7, 11) is 0. The van der Waals surface area contributed by atoms with Crippen molar-refractivity contribution in [3.05, 3.63) is 0 Å². The molecular formula is C11H17IN2O2S2. The fourth-order valence-electron chi connectivity index (χ4n) is 1.51. The summed E-state index contributed by atoms with van der Waals surface area (Å²) in [5, 5.41) is 8.68. The summed E-state index contributed by atoms with van der Waals surface area (Å²) in [5.41, 5.74) is 0. The number of rotatable bonds is 6. The highest BCUT2D eigenvalue weighted by molar-refractivity contribution is 14.1. The second-order valence-corrected chi connectivity index (χ2v) is 8.22. The molecule has 0 radical (unpaired) electrons. The van der Waals surface area contributed by atoms with Crippen LogP contribution in [0.4, 0.5) is 0 Å². The zero-order valence-electron chi connectivity index (χ0n) is 10.4. The summed E-state index contributed by atoms with van der Waals surface area (Å²) in [4.78, 5) is 22.9. The second-order valence-electron chi connectivity index (χ2n) is 4.27. The molecule has 0 bridgehead atoms. The van der Waals surface area contributed by atoms with Crippen LogP contribution in [-0.2, 0) is 9.59 Å². The third kappa shape index (κ3) is 5.08. The molecule has 0 aliphatic carbocycles. The Labute approximate surface area is 130 Å². The Bertz CT molecular complexity index is 350. The Kier molecular flexibility index (Phi) is 7.01. The van der Waals surface area contributed by atoms with Crippen molar-refractivity contribution in [2.45, 2.75) is 43.6 Å². The molecule has 0 saturated carbocycles. The topological polar surface area (TPSA) is 61.2 Å². The van der Waals surface area contributed by atoms with Gasteiger partial charge in [0.25, 0.3) is 5.91 Å². The smallest absolute Gasteiger partial charge is 0.251 e. The van der Waals surface area contributed by atoms with E-state index in [0.29, 0.717) is 16.7 Å². The standard InChI is InChI=1S/C11H17IN2O2S2/c1-7(2)18-9(13)4-3-5-17-8-6-10(15)14(12)11(8)16/h7-8,13H,3-6H2,1-2H3. The number of carbonyl (C=O) groups is 2. The van der Waals surface area contributed by atoms with Crippen LogP contribution in [0, 0.1) is 5.41 Å². The van der Waals surface area contributed by atoms with Crippen LogP contribution in [-0.4, -0.2) is 36.2 Å². The molecule has 1 unspecified atom stereocenters. The molecular weight excluding hydrogens is 383 g/mol. The van der Waals surface area contributed by atoms with E-state index in [9.17, 15) is 9.59 Å². The zero-order chi connectivity index (χ0) is 13.7. The Balaban J connectivity index is 2.17. The molecule has 1 atom stereocenters. The second kappa shape index (κ2) is 7.74. The number of amides is 2. The molecule has 1 saturated heterocycles. The quantitative estimate of drug-likeness (QED) is 0.186. The molecule has 1 fully saturated rings. The van der Waals surface area contributed by atoms with Crippen molar-refractivity contribution >= 4 is 63.2 Å². The molecule has 1 rings (SSSR count). The number of nitrogens with zero attached hydrogens (tertiary/aromatic N) is 1. The summed E-state index contributed by atoms with van der Waals surface area (Å²) in [5.74, 6) is 0.647. The first kappa shape index (κ1) is 16.3. The van der Waals surface area contributed by atoms with E-state index in [1.54, 1.807) is 34.6 Å². The largest absolute Gasteiger partial charge is 0.298 e. The van der Waals surface area contributed by atoms with Crippen molar-refractivity contribution in [2.24, 2.45) is 0 Å². The number of nitrogens with one attached hydrogen (secondary N) is 1. The fourth-order valence-corrected chi connectivity index (χ4v) is 4.16. The van der Waals surface area contributed by atoms with Gasteiger partial charge in [0.15, 0.2) is 0 Å². The van der Waals surface area contributed by atoms with E-state index < -0.39 is 0 Å². The lowest BCUT2D eigenvalue weighted by molar-refractivity contribution is -0.130. The SMILES string of the molecule is CC(C)SC(=N)CCCSC1CC(=O)N(I)C1=O. The minimum absolute atomic E-state index is 0.0859. The average Bonchev–Trinajstić information content (AvgIpc) is 2.51. The Morgan fingerprint density at radius 1 is 1.56 bits per heavy atom. The molecule has 102 valence electrons. The normalized spacial score (nSPS) is 20.0. The van der Waals surface area contributed by atoms with Crippen LogP contribution in [0.1, 0.15) is 33.1 Å². The summed E-state index contributed by atoms with van der Waals surface area (Å²) in [6, 6.07) is 0. The van der Waals surface area contributed by atoms with Gasteiger partial charge in [-0.15, -0.1) is 23.5 Å². The molecule has 0 aromatic rings. The van der Waals surface area contributed by atoms with Crippen molar-refractivity contribution in [2.75, 3.05) is 5.75 Å². The van der Waals surface area contributed by atoms with E-state index in [1.165, 1.54) is 14.9 Å². The van der Waals surface area contributed by atoms with Gasteiger partial charge in [-0.2, -0.15) is 0 Å². The molecule has 1 N–H and O–H groups in total. The van der Waals surface area contributed by atoms with E-state index in [-0.39, 0.29) is 17.1 Å². The van der Waals surface area contributed by atoms with Crippen molar-refractivity contribution in [3.8, 4) is 0 Å². The monoisotopic (exact) mass is 400 g/mol. The number of hydrogen-bond donors (Lipinski definition) is 1. The van der Waals surface area contributed by atoms with Crippen molar-refractivity contribution < 1.29 is 9.59 Å². The maximum absolute atomic E-state index is 11.6. The molecule has 0 aromatic carbocycles. The van der Waals surface area contributed by atoms with Crippen LogP contribution >= 0.6 is 46.4 Å². The number of imide groups is 1.